The van der Waals surface area contributed by atoms with E-state index >= 15 is 0 Å². The second kappa shape index (κ2) is 6.69. The quantitative estimate of drug-likeness (QED) is 0.908. The molecule has 0 unspecified atom stereocenters. The minimum absolute atomic E-state index is 0.328. The van der Waals surface area contributed by atoms with E-state index in [0.717, 1.165) is 11.1 Å². The molecule has 102 valence electrons. The number of benzene rings is 2. The van der Waals surface area contributed by atoms with Gasteiger partial charge in [-0.05, 0) is 48.4 Å². The van der Waals surface area contributed by atoms with E-state index in [1.54, 1.807) is 18.2 Å². The maximum atomic E-state index is 13.4. The number of halogens is 1. The van der Waals surface area contributed by atoms with Gasteiger partial charge in [0, 0.05) is 6.07 Å². The van der Waals surface area contributed by atoms with Gasteiger partial charge in [0.05, 0.1) is 11.6 Å². The maximum absolute atomic E-state index is 13.4. The molecule has 0 saturated heterocycles. The average Bonchev–Trinajstić information content (AvgIpc) is 2.45. The highest BCUT2D eigenvalue weighted by atomic mass is 19.1. The molecule has 0 bridgehead atoms. The van der Waals surface area contributed by atoms with Crippen molar-refractivity contribution in [3.8, 4) is 11.8 Å². The molecule has 2 rings (SSSR count). The minimum Gasteiger partial charge on any atom is -0.489 e. The molecule has 2 N–H and O–H groups in total. The molecule has 2 aromatic carbocycles. The van der Waals surface area contributed by atoms with Crippen molar-refractivity contribution in [2.45, 2.75) is 13.0 Å². The highest BCUT2D eigenvalue weighted by Crippen LogP contribution is 2.18. The first-order valence-corrected chi connectivity index (χ1v) is 6.32. The Hall–Kier alpha value is -2.38. The van der Waals surface area contributed by atoms with Crippen molar-refractivity contribution in [2.24, 2.45) is 5.73 Å². The molecule has 0 spiro atoms. The third-order valence-electron chi connectivity index (χ3n) is 2.85. The summed E-state index contributed by atoms with van der Waals surface area (Å²) in [7, 11) is 0. The van der Waals surface area contributed by atoms with E-state index in [-0.39, 0.29) is 5.82 Å². The summed E-state index contributed by atoms with van der Waals surface area (Å²) in [5, 5.41) is 8.71. The van der Waals surface area contributed by atoms with Gasteiger partial charge < -0.3 is 10.5 Å². The summed E-state index contributed by atoms with van der Waals surface area (Å²) < 4.78 is 19.0. The van der Waals surface area contributed by atoms with Gasteiger partial charge in [0.15, 0.2) is 0 Å². The molecule has 0 aromatic heterocycles. The van der Waals surface area contributed by atoms with Crippen molar-refractivity contribution >= 4 is 0 Å². The van der Waals surface area contributed by atoms with Crippen LogP contribution in [0.15, 0.2) is 42.5 Å². The number of nitriles is 1. The molecule has 0 aliphatic carbocycles. The standard InChI is InChI=1S/C16H15FN2O/c17-15-7-14(5-6-18)8-16(9-15)20-11-13-3-1-12(10-19)2-4-13/h1-4,7-9H,5-6,11,18H2. The number of nitrogens with two attached hydrogens (primary N) is 1. The molecule has 20 heavy (non-hydrogen) atoms. The SMILES string of the molecule is N#Cc1ccc(COc2cc(F)cc(CCN)c2)cc1. The fraction of sp³-hybridized carbons (Fsp3) is 0.188. The molecule has 0 radical (unpaired) electrons. The maximum Gasteiger partial charge on any atom is 0.127 e. The zero-order valence-electron chi connectivity index (χ0n) is 11.0. The molecular formula is C16H15FN2O. The molecule has 0 amide bonds. The number of hydrogen-bond donors (Lipinski definition) is 1. The summed E-state index contributed by atoms with van der Waals surface area (Å²) in [6.45, 7) is 0.801. The summed E-state index contributed by atoms with van der Waals surface area (Å²) in [5.41, 5.74) is 7.81. The van der Waals surface area contributed by atoms with Gasteiger partial charge in [0.2, 0.25) is 0 Å². The first-order valence-electron chi connectivity index (χ1n) is 6.32. The zero-order valence-corrected chi connectivity index (χ0v) is 11.0. The number of nitrogens with zero attached hydrogens (tertiary/aromatic N) is 1. The zero-order chi connectivity index (χ0) is 14.4. The second-order valence-corrected chi connectivity index (χ2v) is 4.43. The lowest BCUT2D eigenvalue weighted by Crippen LogP contribution is -2.03. The van der Waals surface area contributed by atoms with Crippen LogP contribution in [0.3, 0.4) is 0 Å². The normalized spacial score (nSPS) is 10.1. The molecule has 0 saturated carbocycles. The van der Waals surface area contributed by atoms with Crippen LogP contribution in [0.1, 0.15) is 16.7 Å². The largest absolute Gasteiger partial charge is 0.489 e. The molecule has 0 aliphatic rings. The van der Waals surface area contributed by atoms with Gasteiger partial charge in [-0.15, -0.1) is 0 Å². The van der Waals surface area contributed by atoms with Crippen LogP contribution < -0.4 is 10.5 Å². The van der Waals surface area contributed by atoms with E-state index in [9.17, 15) is 4.39 Å². The molecule has 0 fully saturated rings. The number of rotatable bonds is 5. The monoisotopic (exact) mass is 270 g/mol. The van der Waals surface area contributed by atoms with Crippen LogP contribution in [-0.2, 0) is 13.0 Å². The van der Waals surface area contributed by atoms with Gasteiger partial charge in [-0.2, -0.15) is 5.26 Å². The summed E-state index contributed by atoms with van der Waals surface area (Å²) in [4.78, 5) is 0. The van der Waals surface area contributed by atoms with E-state index in [1.807, 2.05) is 12.1 Å². The number of hydrogen-bond acceptors (Lipinski definition) is 3. The van der Waals surface area contributed by atoms with Gasteiger partial charge in [-0.25, -0.2) is 4.39 Å². The van der Waals surface area contributed by atoms with E-state index in [2.05, 4.69) is 6.07 Å². The smallest absolute Gasteiger partial charge is 0.127 e. The molecule has 0 aliphatic heterocycles. The lowest BCUT2D eigenvalue weighted by molar-refractivity contribution is 0.304. The van der Waals surface area contributed by atoms with Crippen LogP contribution in [0.5, 0.6) is 5.75 Å². The van der Waals surface area contributed by atoms with Crippen LogP contribution in [-0.4, -0.2) is 6.54 Å². The van der Waals surface area contributed by atoms with E-state index < -0.39 is 0 Å². The molecule has 3 nitrogen and oxygen atoms in total. The second-order valence-electron chi connectivity index (χ2n) is 4.43. The Morgan fingerprint density at radius 2 is 1.85 bits per heavy atom. The highest BCUT2D eigenvalue weighted by molar-refractivity contribution is 5.33. The fourth-order valence-corrected chi connectivity index (χ4v) is 1.86. The average molecular weight is 270 g/mol. The van der Waals surface area contributed by atoms with Gasteiger partial charge in [0.1, 0.15) is 18.2 Å². The molecule has 2 aromatic rings. The minimum atomic E-state index is -0.328. The first-order chi connectivity index (χ1) is 9.71. The van der Waals surface area contributed by atoms with Crippen LogP contribution in [0.4, 0.5) is 4.39 Å². The Balaban J connectivity index is 2.04. The van der Waals surface area contributed by atoms with E-state index in [4.69, 9.17) is 15.7 Å². The van der Waals surface area contributed by atoms with Crippen molar-refractivity contribution in [3.63, 3.8) is 0 Å². The van der Waals surface area contributed by atoms with Gasteiger partial charge in [-0.3, -0.25) is 0 Å². The van der Waals surface area contributed by atoms with Crippen LogP contribution in [0.2, 0.25) is 0 Å². The lowest BCUT2D eigenvalue weighted by atomic mass is 10.1. The molecule has 0 heterocycles. The Morgan fingerprint density at radius 3 is 2.50 bits per heavy atom. The summed E-state index contributed by atoms with van der Waals surface area (Å²) in [5.74, 6) is 0.156. The van der Waals surface area contributed by atoms with Crippen molar-refractivity contribution in [3.05, 3.63) is 65.0 Å². The molecule has 4 heteroatoms. The van der Waals surface area contributed by atoms with Crippen LogP contribution in [0, 0.1) is 17.1 Å². The van der Waals surface area contributed by atoms with Crippen molar-refractivity contribution in [1.82, 2.24) is 0 Å². The topological polar surface area (TPSA) is 59.0 Å². The van der Waals surface area contributed by atoms with Gasteiger partial charge in [-0.1, -0.05) is 12.1 Å². The summed E-state index contributed by atoms with van der Waals surface area (Å²) in [6.07, 6.45) is 0.616. The summed E-state index contributed by atoms with van der Waals surface area (Å²) >= 11 is 0. The van der Waals surface area contributed by atoms with E-state index in [1.165, 1.54) is 12.1 Å². The molecule has 0 atom stereocenters. The third-order valence-corrected chi connectivity index (χ3v) is 2.85. The predicted molar refractivity (Wildman–Crippen MR) is 74.6 cm³/mol. The fourth-order valence-electron chi connectivity index (χ4n) is 1.86. The Labute approximate surface area is 117 Å². The first kappa shape index (κ1) is 14.0. The van der Waals surface area contributed by atoms with Crippen molar-refractivity contribution < 1.29 is 9.13 Å². The third kappa shape index (κ3) is 3.81. The van der Waals surface area contributed by atoms with Crippen molar-refractivity contribution in [2.75, 3.05) is 6.54 Å². The highest BCUT2D eigenvalue weighted by Gasteiger charge is 2.02. The Morgan fingerprint density at radius 1 is 1.10 bits per heavy atom. The van der Waals surface area contributed by atoms with Gasteiger partial charge >= 0.3 is 0 Å². The Bertz CT molecular complexity index is 617. The number of ether oxygens (including phenoxy) is 1. The predicted octanol–water partition coefficient (Wildman–Crippen LogP) is 2.78. The Kier molecular flexibility index (Phi) is 4.70. The van der Waals surface area contributed by atoms with Gasteiger partial charge in [0.25, 0.3) is 0 Å². The molecular weight excluding hydrogens is 255 g/mol. The van der Waals surface area contributed by atoms with Crippen LogP contribution in [0.25, 0.3) is 0 Å². The van der Waals surface area contributed by atoms with Crippen LogP contribution >= 0.6 is 0 Å². The lowest BCUT2D eigenvalue weighted by Gasteiger charge is -2.08. The van der Waals surface area contributed by atoms with E-state index in [0.29, 0.717) is 30.9 Å². The summed E-state index contributed by atoms with van der Waals surface area (Å²) in [6, 6.07) is 13.7. The van der Waals surface area contributed by atoms with Crippen molar-refractivity contribution in [1.29, 1.82) is 5.26 Å².